The van der Waals surface area contributed by atoms with Gasteiger partial charge in [0.05, 0.1) is 19.2 Å². The molecule has 4 rings (SSSR count). The Kier molecular flexibility index (Phi) is 6.98. The highest BCUT2D eigenvalue weighted by Crippen LogP contribution is 2.37. The Hall–Kier alpha value is -3.64. The molecule has 0 fully saturated rings. The third kappa shape index (κ3) is 4.97. The molecule has 2 amide bonds. The number of nitriles is 1. The number of rotatable bonds is 7. The van der Waals surface area contributed by atoms with Gasteiger partial charge in [-0.25, -0.2) is 4.98 Å². The molecule has 0 spiro atoms. The van der Waals surface area contributed by atoms with Gasteiger partial charge in [0.2, 0.25) is 11.8 Å². The minimum Gasteiger partial charge on any atom is -0.497 e. The van der Waals surface area contributed by atoms with Crippen LogP contribution in [0, 0.1) is 18.3 Å². The zero-order valence-electron chi connectivity index (χ0n) is 19.5. The van der Waals surface area contributed by atoms with Crippen LogP contribution in [-0.2, 0) is 29.1 Å². The summed E-state index contributed by atoms with van der Waals surface area (Å²) in [5.74, 6) is 1.41. The number of benzene rings is 1. The monoisotopic (exact) mass is 477 g/mol. The van der Waals surface area contributed by atoms with Crippen LogP contribution in [0.3, 0.4) is 0 Å². The van der Waals surface area contributed by atoms with Crippen LogP contribution in [0.25, 0.3) is 0 Å². The molecule has 8 nitrogen and oxygen atoms in total. The van der Waals surface area contributed by atoms with Gasteiger partial charge in [0.25, 0.3) is 0 Å². The predicted octanol–water partition coefficient (Wildman–Crippen LogP) is 3.85. The highest BCUT2D eigenvalue weighted by atomic mass is 32.1. The lowest BCUT2D eigenvalue weighted by atomic mass is 9.97. The number of hydrogen-bond donors (Lipinski definition) is 1. The molecule has 1 aliphatic heterocycles. The second kappa shape index (κ2) is 10.1. The fourth-order valence-corrected chi connectivity index (χ4v) is 5.39. The zero-order valence-corrected chi connectivity index (χ0v) is 20.3. The second-order valence-electron chi connectivity index (χ2n) is 8.42. The van der Waals surface area contributed by atoms with Crippen LogP contribution in [-0.4, -0.2) is 39.9 Å². The van der Waals surface area contributed by atoms with Crippen molar-refractivity contribution in [3.8, 4) is 11.8 Å². The summed E-state index contributed by atoms with van der Waals surface area (Å²) >= 11 is 1.39. The molecule has 34 heavy (non-hydrogen) atoms. The standard InChI is InChI=1S/C25H27N5O3S/c1-16(18-5-4-6-19(12-18)33-3)11-23(31)28-25-21(13-26)20-7-9-30(14-22(20)34-25)24(32)15-29-10-8-27-17(29)2/h4-6,8,10,12,16H,7,9,11,14-15H2,1-3H3,(H,28,31)/t16-/m0/s1. The van der Waals surface area contributed by atoms with Crippen LogP contribution in [0.15, 0.2) is 36.7 Å². The number of hydrogen-bond acceptors (Lipinski definition) is 6. The van der Waals surface area contributed by atoms with Crippen molar-refractivity contribution in [2.45, 2.75) is 45.7 Å². The maximum atomic E-state index is 12.8. The number of carbonyl (C=O) groups excluding carboxylic acids is 2. The quantitative estimate of drug-likeness (QED) is 0.557. The van der Waals surface area contributed by atoms with E-state index < -0.39 is 0 Å². The lowest BCUT2D eigenvalue weighted by Crippen LogP contribution is -2.37. The van der Waals surface area contributed by atoms with Gasteiger partial charge in [0.15, 0.2) is 0 Å². The van der Waals surface area contributed by atoms with Gasteiger partial charge < -0.3 is 19.5 Å². The van der Waals surface area contributed by atoms with Gasteiger partial charge in [-0.2, -0.15) is 5.26 Å². The first kappa shape index (κ1) is 23.5. The first-order valence-corrected chi connectivity index (χ1v) is 11.9. The van der Waals surface area contributed by atoms with Gasteiger partial charge in [0.1, 0.15) is 29.2 Å². The van der Waals surface area contributed by atoms with E-state index in [1.54, 1.807) is 24.4 Å². The summed E-state index contributed by atoms with van der Waals surface area (Å²) in [6.45, 7) is 5.08. The number of imidazole rings is 1. The number of nitrogens with one attached hydrogen (secondary N) is 1. The van der Waals surface area contributed by atoms with Crippen molar-refractivity contribution in [1.29, 1.82) is 5.26 Å². The molecule has 1 aliphatic rings. The molecule has 0 unspecified atom stereocenters. The molecule has 1 N–H and O–H groups in total. The Morgan fingerprint density at radius 2 is 2.21 bits per heavy atom. The maximum absolute atomic E-state index is 12.8. The first-order chi connectivity index (χ1) is 16.4. The fraction of sp³-hybridized carbons (Fsp3) is 0.360. The number of carbonyl (C=O) groups is 2. The summed E-state index contributed by atoms with van der Waals surface area (Å²) < 4.78 is 7.10. The van der Waals surface area contributed by atoms with Crippen molar-refractivity contribution in [3.05, 3.63) is 64.1 Å². The maximum Gasteiger partial charge on any atom is 0.242 e. The Morgan fingerprint density at radius 3 is 2.91 bits per heavy atom. The van der Waals surface area contributed by atoms with E-state index in [1.165, 1.54) is 11.3 Å². The van der Waals surface area contributed by atoms with E-state index in [0.717, 1.165) is 27.6 Å². The number of aryl methyl sites for hydroxylation is 1. The van der Waals surface area contributed by atoms with Crippen molar-refractivity contribution in [1.82, 2.24) is 14.5 Å². The van der Waals surface area contributed by atoms with Crippen LogP contribution < -0.4 is 10.1 Å². The zero-order chi connectivity index (χ0) is 24.2. The highest BCUT2D eigenvalue weighted by Gasteiger charge is 2.28. The van der Waals surface area contributed by atoms with Crippen molar-refractivity contribution in [2.75, 3.05) is 19.0 Å². The van der Waals surface area contributed by atoms with Crippen molar-refractivity contribution in [2.24, 2.45) is 0 Å². The van der Waals surface area contributed by atoms with E-state index in [2.05, 4.69) is 16.4 Å². The number of aromatic nitrogens is 2. The van der Waals surface area contributed by atoms with E-state index in [4.69, 9.17) is 4.74 Å². The summed E-state index contributed by atoms with van der Waals surface area (Å²) in [4.78, 5) is 32.5. The average molecular weight is 478 g/mol. The highest BCUT2D eigenvalue weighted by molar-refractivity contribution is 7.16. The number of anilines is 1. The van der Waals surface area contributed by atoms with Gasteiger partial charge in [-0.3, -0.25) is 9.59 Å². The number of thiophene rings is 1. The van der Waals surface area contributed by atoms with Gasteiger partial charge in [-0.15, -0.1) is 11.3 Å². The molecule has 3 heterocycles. The Balaban J connectivity index is 1.43. The van der Waals surface area contributed by atoms with E-state index in [0.29, 0.717) is 30.1 Å². The minimum atomic E-state index is -0.145. The Bertz CT molecular complexity index is 1260. The molecular weight excluding hydrogens is 450 g/mol. The predicted molar refractivity (Wildman–Crippen MR) is 130 cm³/mol. The van der Waals surface area contributed by atoms with Crippen LogP contribution >= 0.6 is 11.3 Å². The molecule has 3 aromatic rings. The van der Waals surface area contributed by atoms with Gasteiger partial charge in [-0.05, 0) is 42.5 Å². The SMILES string of the molecule is COc1cccc([C@@H](C)CC(=O)Nc2sc3c(c2C#N)CCN(C(=O)Cn2ccnc2C)C3)c1. The van der Waals surface area contributed by atoms with Gasteiger partial charge in [-0.1, -0.05) is 19.1 Å². The summed E-state index contributed by atoms with van der Waals surface area (Å²) in [5, 5.41) is 13.3. The third-order valence-corrected chi connectivity index (χ3v) is 7.29. The summed E-state index contributed by atoms with van der Waals surface area (Å²) in [6.07, 6.45) is 4.36. The topological polar surface area (TPSA) is 100 Å². The summed E-state index contributed by atoms with van der Waals surface area (Å²) in [6, 6.07) is 9.94. The molecule has 0 saturated carbocycles. The van der Waals surface area contributed by atoms with Gasteiger partial charge in [0, 0.05) is 30.2 Å². The first-order valence-electron chi connectivity index (χ1n) is 11.1. The number of fused-ring (bicyclic) bond motifs is 1. The molecule has 0 radical (unpaired) electrons. The molecule has 1 atom stereocenters. The average Bonchev–Trinajstić information content (AvgIpc) is 3.40. The van der Waals surface area contributed by atoms with Crippen molar-refractivity contribution in [3.63, 3.8) is 0 Å². The molecule has 0 aliphatic carbocycles. The molecule has 176 valence electrons. The van der Waals surface area contributed by atoms with E-state index >= 15 is 0 Å². The molecule has 0 saturated heterocycles. The summed E-state index contributed by atoms with van der Waals surface area (Å²) in [7, 11) is 1.62. The normalized spacial score (nSPS) is 13.6. The molecule has 1 aromatic carbocycles. The van der Waals surface area contributed by atoms with Crippen molar-refractivity contribution < 1.29 is 14.3 Å². The van der Waals surface area contributed by atoms with Crippen molar-refractivity contribution >= 4 is 28.2 Å². The van der Waals surface area contributed by atoms with E-state index in [9.17, 15) is 14.9 Å². The minimum absolute atomic E-state index is 0.00466. The summed E-state index contributed by atoms with van der Waals surface area (Å²) in [5.41, 5.74) is 2.47. The lowest BCUT2D eigenvalue weighted by Gasteiger charge is -2.27. The number of ether oxygens (including phenoxy) is 1. The van der Waals surface area contributed by atoms with E-state index in [1.807, 2.05) is 42.7 Å². The molecule has 2 aromatic heterocycles. The number of nitrogens with zero attached hydrogens (tertiary/aromatic N) is 4. The van der Waals surface area contributed by atoms with Gasteiger partial charge >= 0.3 is 0 Å². The molecule has 0 bridgehead atoms. The van der Waals surface area contributed by atoms with Crippen LogP contribution in [0.1, 0.15) is 46.7 Å². The Morgan fingerprint density at radius 1 is 1.38 bits per heavy atom. The Labute approximate surface area is 202 Å². The largest absolute Gasteiger partial charge is 0.497 e. The second-order valence-corrected chi connectivity index (χ2v) is 9.52. The van der Waals surface area contributed by atoms with E-state index in [-0.39, 0.29) is 30.7 Å². The van der Waals surface area contributed by atoms with Crippen LogP contribution in [0.5, 0.6) is 5.75 Å². The molecular formula is C25H27N5O3S. The number of amides is 2. The fourth-order valence-electron chi connectivity index (χ4n) is 4.16. The smallest absolute Gasteiger partial charge is 0.242 e. The molecule has 9 heteroatoms. The van der Waals surface area contributed by atoms with Crippen LogP contribution in [0.4, 0.5) is 5.00 Å². The number of methoxy groups -OCH3 is 1. The third-order valence-electron chi connectivity index (χ3n) is 6.16. The van der Waals surface area contributed by atoms with Crippen LogP contribution in [0.2, 0.25) is 0 Å². The lowest BCUT2D eigenvalue weighted by molar-refractivity contribution is -0.132.